The molecule has 0 nitrogen and oxygen atoms in total. The predicted octanol–water partition coefficient (Wildman–Crippen LogP) is 8.11. The molecule has 1 atom stereocenters. The predicted molar refractivity (Wildman–Crippen MR) is 115 cm³/mol. The maximum Gasteiger partial charge on any atom is 0.101 e. The van der Waals surface area contributed by atoms with Crippen molar-refractivity contribution in [2.45, 2.75) is 83.7 Å². The van der Waals surface area contributed by atoms with Gasteiger partial charge in [0.25, 0.3) is 0 Å². The molecule has 0 amide bonds. The zero-order valence-corrected chi connectivity index (χ0v) is 17.1. The third-order valence-corrected chi connectivity index (χ3v) is 6.25. The Hall–Kier alpha value is -1.63. The second-order valence-electron chi connectivity index (χ2n) is 8.52. The van der Waals surface area contributed by atoms with Gasteiger partial charge in [0, 0.05) is 6.42 Å². The van der Waals surface area contributed by atoms with Crippen molar-refractivity contribution in [1.29, 1.82) is 0 Å². The second kappa shape index (κ2) is 10.1. The molecule has 0 aromatic heterocycles. The largest absolute Gasteiger partial charge is 0.247 e. The first-order valence-corrected chi connectivity index (χ1v) is 11.0. The lowest BCUT2D eigenvalue weighted by molar-refractivity contribution is 0.303. The van der Waals surface area contributed by atoms with Gasteiger partial charge in [0.05, 0.1) is 0 Å². The highest BCUT2D eigenvalue weighted by atomic mass is 19.1. The van der Waals surface area contributed by atoms with Gasteiger partial charge >= 0.3 is 0 Å². The van der Waals surface area contributed by atoms with E-state index < -0.39 is 6.17 Å². The van der Waals surface area contributed by atoms with Crippen LogP contribution < -0.4 is 0 Å². The summed E-state index contributed by atoms with van der Waals surface area (Å²) in [5.74, 6) is 1.72. The van der Waals surface area contributed by atoms with Crippen LogP contribution in [0.3, 0.4) is 0 Å². The molecule has 0 saturated heterocycles. The number of unbranched alkanes of at least 4 members (excludes halogenated alkanes) is 2. The minimum Gasteiger partial charge on any atom is -0.247 e. The first kappa shape index (κ1) is 20.1. The van der Waals surface area contributed by atoms with Gasteiger partial charge in [0.1, 0.15) is 6.17 Å². The molecule has 0 N–H and O–H groups in total. The van der Waals surface area contributed by atoms with Crippen molar-refractivity contribution in [2.75, 3.05) is 0 Å². The Balaban J connectivity index is 1.55. The van der Waals surface area contributed by atoms with E-state index >= 15 is 0 Å². The van der Waals surface area contributed by atoms with Crippen molar-refractivity contribution in [1.82, 2.24) is 0 Å². The third kappa shape index (κ3) is 5.92. The number of rotatable bonds is 8. The smallest absolute Gasteiger partial charge is 0.101 e. The molecule has 1 saturated carbocycles. The van der Waals surface area contributed by atoms with Crippen LogP contribution in [0.15, 0.2) is 48.5 Å². The van der Waals surface area contributed by atoms with E-state index in [4.69, 9.17) is 0 Å². The van der Waals surface area contributed by atoms with Crippen molar-refractivity contribution in [3.63, 3.8) is 0 Å². The number of alkyl halides is 1. The Bertz CT molecular complexity index is 660. The second-order valence-corrected chi connectivity index (χ2v) is 8.52. The lowest BCUT2D eigenvalue weighted by atomic mass is 9.77. The van der Waals surface area contributed by atoms with Gasteiger partial charge < -0.3 is 0 Å². The monoisotopic (exact) mass is 366 g/mol. The zero-order chi connectivity index (χ0) is 19.1. The number of hydrogen-bond donors (Lipinski definition) is 0. The van der Waals surface area contributed by atoms with Crippen LogP contribution in [0.2, 0.25) is 0 Å². The van der Waals surface area contributed by atoms with E-state index in [1.807, 2.05) is 0 Å². The van der Waals surface area contributed by atoms with Gasteiger partial charge in [0.15, 0.2) is 0 Å². The van der Waals surface area contributed by atoms with Crippen LogP contribution in [0.25, 0.3) is 11.1 Å². The Morgan fingerprint density at radius 1 is 0.852 bits per heavy atom. The molecule has 0 bridgehead atoms. The van der Waals surface area contributed by atoms with Crippen molar-refractivity contribution in [2.24, 2.45) is 5.92 Å². The molecule has 146 valence electrons. The highest BCUT2D eigenvalue weighted by molar-refractivity contribution is 5.64. The Morgan fingerprint density at radius 2 is 1.44 bits per heavy atom. The minimum absolute atomic E-state index is 0.500. The summed E-state index contributed by atoms with van der Waals surface area (Å²) in [6, 6.07) is 17.5. The molecule has 1 aliphatic carbocycles. The zero-order valence-electron chi connectivity index (χ0n) is 17.1. The van der Waals surface area contributed by atoms with Crippen LogP contribution in [0.4, 0.5) is 4.39 Å². The van der Waals surface area contributed by atoms with Crippen LogP contribution in [0, 0.1) is 5.92 Å². The molecule has 1 heteroatoms. The van der Waals surface area contributed by atoms with Crippen LogP contribution in [-0.2, 0) is 6.42 Å². The normalized spacial score (nSPS) is 21.1. The van der Waals surface area contributed by atoms with E-state index in [0.717, 1.165) is 17.4 Å². The summed E-state index contributed by atoms with van der Waals surface area (Å²) in [7, 11) is 0. The fourth-order valence-electron chi connectivity index (χ4n) is 4.57. The highest BCUT2D eigenvalue weighted by Gasteiger charge is 2.22. The average molecular weight is 367 g/mol. The summed E-state index contributed by atoms with van der Waals surface area (Å²) < 4.78 is 13.1. The summed E-state index contributed by atoms with van der Waals surface area (Å²) in [5, 5.41) is 0. The fraction of sp³-hybridized carbons (Fsp3) is 0.538. The van der Waals surface area contributed by atoms with Gasteiger partial charge in [-0.25, -0.2) is 4.39 Å². The summed E-state index contributed by atoms with van der Waals surface area (Å²) in [5.41, 5.74) is 5.05. The number of hydrogen-bond acceptors (Lipinski definition) is 0. The van der Waals surface area contributed by atoms with Crippen LogP contribution >= 0.6 is 0 Å². The molecule has 0 radical (unpaired) electrons. The molecule has 1 aliphatic rings. The molecule has 27 heavy (non-hydrogen) atoms. The van der Waals surface area contributed by atoms with E-state index in [-0.39, 0.29) is 0 Å². The number of benzene rings is 2. The summed E-state index contributed by atoms with van der Waals surface area (Å²) in [4.78, 5) is 0. The quantitative estimate of drug-likeness (QED) is 0.414. The van der Waals surface area contributed by atoms with Gasteiger partial charge in [0.2, 0.25) is 0 Å². The lowest BCUT2D eigenvalue weighted by Gasteiger charge is -2.29. The highest BCUT2D eigenvalue weighted by Crippen LogP contribution is 2.38. The Kier molecular flexibility index (Phi) is 7.50. The molecule has 0 aliphatic heterocycles. The van der Waals surface area contributed by atoms with E-state index in [9.17, 15) is 4.39 Å². The fourth-order valence-corrected chi connectivity index (χ4v) is 4.57. The minimum atomic E-state index is -0.781. The molecule has 1 unspecified atom stereocenters. The summed E-state index contributed by atoms with van der Waals surface area (Å²) >= 11 is 0. The van der Waals surface area contributed by atoms with Crippen molar-refractivity contribution < 1.29 is 4.39 Å². The van der Waals surface area contributed by atoms with Crippen LogP contribution in [0.1, 0.15) is 82.3 Å². The van der Waals surface area contributed by atoms with Crippen molar-refractivity contribution >= 4 is 0 Å². The Labute approximate surface area is 165 Å². The third-order valence-electron chi connectivity index (χ3n) is 6.25. The molecule has 1 fully saturated rings. The van der Waals surface area contributed by atoms with Crippen LogP contribution in [0.5, 0.6) is 0 Å². The summed E-state index contributed by atoms with van der Waals surface area (Å²) in [6.45, 7) is 3.91. The molecule has 0 heterocycles. The van der Waals surface area contributed by atoms with Gasteiger partial charge in [-0.15, -0.1) is 0 Å². The maximum atomic E-state index is 13.1. The molecular weight excluding hydrogens is 331 g/mol. The number of halogens is 1. The average Bonchev–Trinajstić information content (AvgIpc) is 2.69. The van der Waals surface area contributed by atoms with Crippen LogP contribution in [-0.4, -0.2) is 6.17 Å². The summed E-state index contributed by atoms with van der Waals surface area (Å²) in [6.07, 6.45) is 10.8. The Morgan fingerprint density at radius 3 is 2.00 bits per heavy atom. The molecular formula is C26H35F. The van der Waals surface area contributed by atoms with Gasteiger partial charge in [-0.3, -0.25) is 0 Å². The van der Waals surface area contributed by atoms with Crippen molar-refractivity contribution in [3.8, 4) is 11.1 Å². The van der Waals surface area contributed by atoms with Gasteiger partial charge in [-0.2, -0.15) is 0 Å². The van der Waals surface area contributed by atoms with E-state index in [1.54, 1.807) is 6.92 Å². The lowest BCUT2D eigenvalue weighted by Crippen LogP contribution is -2.13. The molecule has 2 aromatic rings. The molecule has 0 spiro atoms. The van der Waals surface area contributed by atoms with E-state index in [1.165, 1.54) is 68.1 Å². The van der Waals surface area contributed by atoms with Gasteiger partial charge in [-0.05, 0) is 66.7 Å². The molecule has 3 rings (SSSR count). The standard InChI is InChI=1S/C26H35F/c1-3-4-5-6-21-7-11-23(12-8-21)25-15-17-26(18-16-25)24-13-9-22(10-14-24)19-20(2)27/h9-10,13-18,20-21,23H,3-8,11-12,19H2,1-2H3/t20?,21-,23-. The first-order chi connectivity index (χ1) is 13.2. The van der Waals surface area contributed by atoms with E-state index in [2.05, 4.69) is 55.5 Å². The van der Waals surface area contributed by atoms with Gasteiger partial charge in [-0.1, -0.05) is 81.1 Å². The SMILES string of the molecule is CCCCC[C@H]1CC[C@H](c2ccc(-c3ccc(CC(C)F)cc3)cc2)CC1. The first-order valence-electron chi connectivity index (χ1n) is 11.0. The topological polar surface area (TPSA) is 0 Å². The maximum absolute atomic E-state index is 13.1. The molecule has 2 aromatic carbocycles. The van der Waals surface area contributed by atoms with E-state index in [0.29, 0.717) is 6.42 Å². The van der Waals surface area contributed by atoms with Crippen molar-refractivity contribution in [3.05, 3.63) is 59.7 Å².